The first-order valence-corrected chi connectivity index (χ1v) is 12.5. The molecule has 1 aliphatic heterocycles. The maximum atomic E-state index is 13.5. The highest BCUT2D eigenvalue weighted by Crippen LogP contribution is 2.41. The Balaban J connectivity index is 1.65. The van der Waals surface area contributed by atoms with E-state index in [1.807, 2.05) is 12.1 Å². The number of nitrogens with two attached hydrogens (primary N) is 1. The molecule has 0 aliphatic carbocycles. The molecule has 5 rings (SSSR count). The third-order valence-electron chi connectivity index (χ3n) is 5.97. The van der Waals surface area contributed by atoms with Gasteiger partial charge in [0.25, 0.3) is 11.8 Å². The Morgan fingerprint density at radius 2 is 2.11 bits per heavy atom. The zero-order chi connectivity index (χ0) is 25.4. The van der Waals surface area contributed by atoms with Crippen LogP contribution in [0.1, 0.15) is 51.5 Å². The van der Waals surface area contributed by atoms with Crippen molar-refractivity contribution in [2.45, 2.75) is 33.2 Å². The van der Waals surface area contributed by atoms with Crippen LogP contribution in [0.2, 0.25) is 0 Å². The molecule has 8 nitrogen and oxygen atoms in total. The number of nitrogens with zero attached hydrogens (tertiary/aromatic N) is 3. The predicted molar refractivity (Wildman–Crippen MR) is 137 cm³/mol. The maximum absolute atomic E-state index is 13.5. The SMILES string of the molecule is CC(C)Cc1nc2c(c(-c3cc4ccnc(NCc5cncc(F)c5)c4s3)c1C(N)=O)C(=O)NCC2. The average Bonchev–Trinajstić information content (AvgIpc) is 3.26. The summed E-state index contributed by atoms with van der Waals surface area (Å²) in [6.07, 6.45) is 5.58. The second-order valence-electron chi connectivity index (χ2n) is 9.15. The quantitative estimate of drug-likeness (QED) is 0.348. The summed E-state index contributed by atoms with van der Waals surface area (Å²) in [5.41, 5.74) is 9.10. The van der Waals surface area contributed by atoms with E-state index in [9.17, 15) is 14.0 Å². The molecule has 10 heteroatoms. The second kappa shape index (κ2) is 9.62. The fourth-order valence-electron chi connectivity index (χ4n) is 4.49. The zero-order valence-corrected chi connectivity index (χ0v) is 20.7. The summed E-state index contributed by atoms with van der Waals surface area (Å²) < 4.78 is 14.4. The van der Waals surface area contributed by atoms with Gasteiger partial charge in [0, 0.05) is 42.3 Å². The van der Waals surface area contributed by atoms with Crippen molar-refractivity contribution < 1.29 is 14.0 Å². The van der Waals surface area contributed by atoms with Crippen LogP contribution in [0.15, 0.2) is 36.8 Å². The lowest BCUT2D eigenvalue weighted by Crippen LogP contribution is -2.34. The van der Waals surface area contributed by atoms with Gasteiger partial charge < -0.3 is 16.4 Å². The van der Waals surface area contributed by atoms with Gasteiger partial charge in [0.15, 0.2) is 0 Å². The van der Waals surface area contributed by atoms with Crippen LogP contribution >= 0.6 is 11.3 Å². The van der Waals surface area contributed by atoms with Gasteiger partial charge in [0.05, 0.1) is 33.4 Å². The molecular formula is C26H25FN6O2S. The number of pyridine rings is 3. The molecule has 4 aromatic heterocycles. The minimum Gasteiger partial charge on any atom is -0.366 e. The first-order chi connectivity index (χ1) is 17.3. The van der Waals surface area contributed by atoms with E-state index in [1.54, 1.807) is 12.4 Å². The lowest BCUT2D eigenvalue weighted by molar-refractivity contribution is 0.0945. The van der Waals surface area contributed by atoms with Crippen LogP contribution in [-0.4, -0.2) is 33.3 Å². The standard InChI is InChI=1S/C26H25FN6O2S/c1-13(2)7-18-20(24(28)34)22(21-17(33-18)4-6-31-26(21)35)19-9-15-3-5-30-25(23(15)36-19)32-11-14-8-16(27)12-29-10-14/h3,5,8-10,12-13H,4,6-7,11H2,1-2H3,(H2,28,34)(H,30,32)(H,31,35). The molecule has 0 atom stereocenters. The van der Waals surface area contributed by atoms with Gasteiger partial charge in [-0.2, -0.15) is 0 Å². The van der Waals surface area contributed by atoms with Gasteiger partial charge in [-0.05, 0) is 41.5 Å². The highest BCUT2D eigenvalue weighted by Gasteiger charge is 2.31. The van der Waals surface area contributed by atoms with Gasteiger partial charge in [0.1, 0.15) is 11.6 Å². The molecule has 1 aliphatic rings. The van der Waals surface area contributed by atoms with Crippen LogP contribution in [0.25, 0.3) is 20.5 Å². The van der Waals surface area contributed by atoms with E-state index in [0.29, 0.717) is 65.4 Å². The Morgan fingerprint density at radius 1 is 1.28 bits per heavy atom. The smallest absolute Gasteiger partial charge is 0.253 e. The number of nitrogens with one attached hydrogen (secondary N) is 2. The number of thiophene rings is 1. The minimum atomic E-state index is -0.609. The van der Waals surface area contributed by atoms with E-state index in [1.165, 1.54) is 17.4 Å². The summed E-state index contributed by atoms with van der Waals surface area (Å²) in [6, 6.07) is 5.23. The van der Waals surface area contributed by atoms with Gasteiger partial charge in [-0.15, -0.1) is 11.3 Å². The Kier molecular flexibility index (Phi) is 6.36. The summed E-state index contributed by atoms with van der Waals surface area (Å²) in [5, 5.41) is 7.02. The molecular weight excluding hydrogens is 479 g/mol. The summed E-state index contributed by atoms with van der Waals surface area (Å²) in [4.78, 5) is 39.6. The Bertz CT molecular complexity index is 1500. The third-order valence-corrected chi connectivity index (χ3v) is 7.15. The monoisotopic (exact) mass is 504 g/mol. The van der Waals surface area contributed by atoms with Crippen molar-refractivity contribution in [3.63, 3.8) is 0 Å². The molecule has 184 valence electrons. The number of anilines is 1. The minimum absolute atomic E-state index is 0.249. The third kappa shape index (κ3) is 4.51. The number of hydrogen-bond acceptors (Lipinski definition) is 7. The van der Waals surface area contributed by atoms with Gasteiger partial charge in [0.2, 0.25) is 0 Å². The highest BCUT2D eigenvalue weighted by molar-refractivity contribution is 7.22. The van der Waals surface area contributed by atoms with Crippen LogP contribution in [0.3, 0.4) is 0 Å². The molecule has 5 heterocycles. The van der Waals surface area contributed by atoms with E-state index in [-0.39, 0.29) is 11.8 Å². The normalized spacial score (nSPS) is 13.1. The lowest BCUT2D eigenvalue weighted by atomic mass is 9.90. The van der Waals surface area contributed by atoms with Crippen molar-refractivity contribution in [2.24, 2.45) is 11.7 Å². The van der Waals surface area contributed by atoms with Gasteiger partial charge >= 0.3 is 0 Å². The molecule has 0 radical (unpaired) electrons. The lowest BCUT2D eigenvalue weighted by Gasteiger charge is -2.23. The Hall–Kier alpha value is -3.92. The second-order valence-corrected chi connectivity index (χ2v) is 10.2. The first kappa shape index (κ1) is 23.8. The molecule has 0 saturated heterocycles. The molecule has 0 unspecified atom stereocenters. The zero-order valence-electron chi connectivity index (χ0n) is 19.9. The molecule has 2 amide bonds. The van der Waals surface area contributed by atoms with Crippen molar-refractivity contribution in [3.8, 4) is 10.4 Å². The fraction of sp³-hybridized carbons (Fsp3) is 0.269. The van der Waals surface area contributed by atoms with Crippen LogP contribution in [0.4, 0.5) is 10.2 Å². The molecule has 0 bridgehead atoms. The molecule has 0 spiro atoms. The first-order valence-electron chi connectivity index (χ1n) is 11.7. The number of fused-ring (bicyclic) bond motifs is 2. The van der Waals surface area contributed by atoms with Gasteiger partial charge in [-0.25, -0.2) is 9.37 Å². The van der Waals surface area contributed by atoms with E-state index in [4.69, 9.17) is 10.7 Å². The molecule has 0 aromatic carbocycles. The largest absolute Gasteiger partial charge is 0.366 e. The molecule has 0 saturated carbocycles. The summed E-state index contributed by atoms with van der Waals surface area (Å²) in [5.74, 6) is -0.412. The molecule has 36 heavy (non-hydrogen) atoms. The van der Waals surface area contributed by atoms with Crippen LogP contribution in [0.5, 0.6) is 0 Å². The summed E-state index contributed by atoms with van der Waals surface area (Å²) >= 11 is 1.42. The summed E-state index contributed by atoms with van der Waals surface area (Å²) in [7, 11) is 0. The number of rotatable bonds is 7. The number of amides is 2. The van der Waals surface area contributed by atoms with E-state index < -0.39 is 11.7 Å². The van der Waals surface area contributed by atoms with Crippen molar-refractivity contribution >= 4 is 39.1 Å². The van der Waals surface area contributed by atoms with Gasteiger partial charge in [-0.1, -0.05) is 13.8 Å². The molecule has 4 N–H and O–H groups in total. The predicted octanol–water partition coefficient (Wildman–Crippen LogP) is 4.09. The fourth-order valence-corrected chi connectivity index (χ4v) is 5.67. The van der Waals surface area contributed by atoms with Crippen molar-refractivity contribution in [2.75, 3.05) is 11.9 Å². The van der Waals surface area contributed by atoms with Crippen LogP contribution < -0.4 is 16.4 Å². The van der Waals surface area contributed by atoms with E-state index in [2.05, 4.69) is 34.4 Å². The van der Waals surface area contributed by atoms with Crippen molar-refractivity contribution in [1.82, 2.24) is 20.3 Å². The number of carbonyl (C=O) groups excluding carboxylic acids is 2. The number of halogens is 1. The molecule has 0 fully saturated rings. The van der Waals surface area contributed by atoms with Gasteiger partial charge in [-0.3, -0.25) is 19.6 Å². The van der Waals surface area contributed by atoms with Crippen molar-refractivity contribution in [1.29, 1.82) is 0 Å². The van der Waals surface area contributed by atoms with Crippen LogP contribution in [0, 0.1) is 11.7 Å². The summed E-state index contributed by atoms with van der Waals surface area (Å²) in [6.45, 7) is 4.93. The number of aromatic nitrogens is 3. The highest BCUT2D eigenvalue weighted by atomic mass is 32.1. The van der Waals surface area contributed by atoms with E-state index in [0.717, 1.165) is 21.2 Å². The Morgan fingerprint density at radius 3 is 2.86 bits per heavy atom. The molecule has 4 aromatic rings. The topological polar surface area (TPSA) is 123 Å². The van der Waals surface area contributed by atoms with Crippen molar-refractivity contribution in [3.05, 3.63) is 70.7 Å². The number of primary amides is 1. The Labute approximate surface area is 211 Å². The van der Waals surface area contributed by atoms with Crippen LogP contribution in [-0.2, 0) is 19.4 Å². The number of carbonyl (C=O) groups is 2. The maximum Gasteiger partial charge on any atom is 0.253 e. The average molecular weight is 505 g/mol. The van der Waals surface area contributed by atoms with E-state index >= 15 is 0 Å². The number of hydrogen-bond donors (Lipinski definition) is 3.